The van der Waals surface area contributed by atoms with Gasteiger partial charge in [0.05, 0.1) is 11.5 Å². The molecule has 0 saturated heterocycles. The van der Waals surface area contributed by atoms with Crippen molar-refractivity contribution in [2.45, 2.75) is 69.5 Å². The summed E-state index contributed by atoms with van der Waals surface area (Å²) in [5, 5.41) is -0.584. The minimum atomic E-state index is -0.981. The molecule has 2 aliphatic rings. The Bertz CT molecular complexity index is 260. The molecule has 1 nitrogen and oxygen atoms in total. The van der Waals surface area contributed by atoms with Gasteiger partial charge in [-0.2, -0.15) is 0 Å². The second-order valence-corrected chi connectivity index (χ2v) is 6.68. The van der Waals surface area contributed by atoms with Crippen molar-refractivity contribution in [1.82, 2.24) is 0 Å². The molecule has 2 saturated carbocycles. The van der Waals surface area contributed by atoms with E-state index >= 15 is 0 Å². The maximum Gasteiger partial charge on any atom is 0.283 e. The highest BCUT2D eigenvalue weighted by Crippen LogP contribution is 2.42. The van der Waals surface area contributed by atoms with E-state index in [0.717, 1.165) is 12.8 Å². The first-order valence-corrected chi connectivity index (χ1v) is 7.70. The molecule has 2 radical (unpaired) electrons. The van der Waals surface area contributed by atoms with Crippen LogP contribution in [0, 0.1) is 17.8 Å². The lowest BCUT2D eigenvalue weighted by atomic mass is 9.71. The number of halogens is 2. The van der Waals surface area contributed by atoms with Crippen LogP contribution in [0.1, 0.15) is 51.9 Å². The van der Waals surface area contributed by atoms with E-state index in [1.165, 1.54) is 32.1 Å². The van der Waals surface area contributed by atoms with E-state index in [-0.39, 0.29) is 12.0 Å². The monoisotopic (exact) mass is 272 g/mol. The van der Waals surface area contributed by atoms with Gasteiger partial charge >= 0.3 is 0 Å². The van der Waals surface area contributed by atoms with Gasteiger partial charge in [-0.3, -0.25) is 0 Å². The van der Waals surface area contributed by atoms with E-state index in [9.17, 15) is 4.39 Å². The maximum absolute atomic E-state index is 14.4. The molecule has 0 heterocycles. The molecule has 0 aromatic rings. The molecule has 5 atom stereocenters. The zero-order valence-corrected chi connectivity index (χ0v) is 11.9. The fourth-order valence-electron chi connectivity index (χ4n) is 3.73. The standard InChI is InChI=1S/C14H23BClFO/c1-9-7-12(18-15)13(16)14(17)11(9)8-10-5-3-2-4-6-10/h9-14H,2-8H2,1H3. The van der Waals surface area contributed by atoms with Gasteiger partial charge in [0.15, 0.2) is 0 Å². The number of rotatable bonds is 3. The lowest BCUT2D eigenvalue weighted by Crippen LogP contribution is -2.46. The zero-order chi connectivity index (χ0) is 13.1. The highest BCUT2D eigenvalue weighted by Gasteiger charge is 2.43. The van der Waals surface area contributed by atoms with E-state index in [4.69, 9.17) is 24.3 Å². The second-order valence-electron chi connectivity index (χ2n) is 6.18. The topological polar surface area (TPSA) is 9.23 Å². The first-order valence-electron chi connectivity index (χ1n) is 7.27. The van der Waals surface area contributed by atoms with E-state index < -0.39 is 11.5 Å². The summed E-state index contributed by atoms with van der Waals surface area (Å²) in [5.41, 5.74) is 0. The predicted octanol–water partition coefficient (Wildman–Crippen LogP) is 4.03. The molecule has 0 aromatic heterocycles. The van der Waals surface area contributed by atoms with Gasteiger partial charge in [-0.1, -0.05) is 39.0 Å². The Morgan fingerprint density at radius 3 is 2.56 bits per heavy atom. The molecular formula is C14H23BClFO. The largest absolute Gasteiger partial charge is 0.443 e. The molecule has 18 heavy (non-hydrogen) atoms. The third-order valence-corrected chi connectivity index (χ3v) is 5.43. The van der Waals surface area contributed by atoms with Gasteiger partial charge in [0, 0.05) is 0 Å². The Labute approximate surface area is 116 Å². The van der Waals surface area contributed by atoms with Crippen molar-refractivity contribution in [1.29, 1.82) is 0 Å². The number of alkyl halides is 2. The van der Waals surface area contributed by atoms with Crippen molar-refractivity contribution in [2.24, 2.45) is 17.8 Å². The van der Waals surface area contributed by atoms with Gasteiger partial charge in [-0.25, -0.2) is 4.39 Å². The molecule has 5 unspecified atom stereocenters. The lowest BCUT2D eigenvalue weighted by molar-refractivity contribution is 0.0233. The second kappa shape index (κ2) is 6.61. The van der Waals surface area contributed by atoms with Crippen LogP contribution in [0.3, 0.4) is 0 Å². The summed E-state index contributed by atoms with van der Waals surface area (Å²) < 4.78 is 19.2. The van der Waals surface area contributed by atoms with E-state index in [1.807, 2.05) is 0 Å². The van der Waals surface area contributed by atoms with Gasteiger partial charge in [0.2, 0.25) is 0 Å². The minimum Gasteiger partial charge on any atom is -0.443 e. The Hall–Kier alpha value is 0.245. The van der Waals surface area contributed by atoms with E-state index in [0.29, 0.717) is 11.8 Å². The van der Waals surface area contributed by atoms with Gasteiger partial charge in [0.1, 0.15) is 6.17 Å². The molecule has 102 valence electrons. The van der Waals surface area contributed by atoms with E-state index in [1.54, 1.807) is 0 Å². The van der Waals surface area contributed by atoms with Crippen LogP contribution in [0.15, 0.2) is 0 Å². The lowest BCUT2D eigenvalue weighted by Gasteiger charge is -2.41. The van der Waals surface area contributed by atoms with Crippen molar-refractivity contribution in [3.05, 3.63) is 0 Å². The van der Waals surface area contributed by atoms with Crippen molar-refractivity contribution in [3.63, 3.8) is 0 Å². The van der Waals surface area contributed by atoms with E-state index in [2.05, 4.69) is 6.92 Å². The van der Waals surface area contributed by atoms with Crippen molar-refractivity contribution < 1.29 is 9.04 Å². The number of hydrogen-bond donors (Lipinski definition) is 0. The molecule has 2 aliphatic carbocycles. The third kappa shape index (κ3) is 3.22. The summed E-state index contributed by atoms with van der Waals surface area (Å²) in [4.78, 5) is 0. The summed E-state index contributed by atoms with van der Waals surface area (Å²) in [6.07, 6.45) is 6.94. The SMILES string of the molecule is [B]OC1CC(C)C(CC2CCCCC2)C(F)C1Cl. The molecule has 0 spiro atoms. The van der Waals surface area contributed by atoms with Gasteiger partial charge < -0.3 is 4.65 Å². The Morgan fingerprint density at radius 1 is 1.28 bits per heavy atom. The van der Waals surface area contributed by atoms with Crippen LogP contribution >= 0.6 is 11.6 Å². The van der Waals surface area contributed by atoms with Crippen LogP contribution < -0.4 is 0 Å². The summed E-state index contributed by atoms with van der Waals surface area (Å²) in [6.45, 7) is 2.11. The Kier molecular flexibility index (Phi) is 5.38. The average molecular weight is 273 g/mol. The predicted molar refractivity (Wildman–Crippen MR) is 73.6 cm³/mol. The number of hydrogen-bond acceptors (Lipinski definition) is 1. The Balaban J connectivity index is 1.94. The van der Waals surface area contributed by atoms with Crippen LogP contribution in [0.2, 0.25) is 0 Å². The zero-order valence-electron chi connectivity index (χ0n) is 11.2. The van der Waals surface area contributed by atoms with Crippen LogP contribution in [0.25, 0.3) is 0 Å². The summed E-state index contributed by atoms with van der Waals surface area (Å²) >= 11 is 6.13. The molecule has 0 aromatic carbocycles. The average Bonchev–Trinajstić information content (AvgIpc) is 2.40. The molecule has 0 N–H and O–H groups in total. The summed E-state index contributed by atoms with van der Waals surface area (Å²) in [7, 11) is 5.20. The molecule has 4 heteroatoms. The van der Waals surface area contributed by atoms with Gasteiger partial charge in [0.25, 0.3) is 8.05 Å². The molecule has 2 rings (SSSR count). The normalized spacial score (nSPS) is 42.9. The van der Waals surface area contributed by atoms with Gasteiger partial charge in [-0.05, 0) is 30.6 Å². The van der Waals surface area contributed by atoms with Crippen LogP contribution in [0.5, 0.6) is 0 Å². The van der Waals surface area contributed by atoms with Gasteiger partial charge in [-0.15, -0.1) is 11.6 Å². The summed E-state index contributed by atoms with van der Waals surface area (Å²) in [5.74, 6) is 1.09. The molecular weight excluding hydrogens is 249 g/mol. The van der Waals surface area contributed by atoms with Crippen LogP contribution in [-0.4, -0.2) is 25.7 Å². The third-order valence-electron chi connectivity index (χ3n) is 4.91. The smallest absolute Gasteiger partial charge is 0.283 e. The van der Waals surface area contributed by atoms with Crippen molar-refractivity contribution in [2.75, 3.05) is 0 Å². The highest BCUT2D eigenvalue weighted by atomic mass is 35.5. The first kappa shape index (κ1) is 14.6. The quantitative estimate of drug-likeness (QED) is 0.557. The molecule has 0 aliphatic heterocycles. The molecule has 0 amide bonds. The molecule has 0 bridgehead atoms. The molecule has 2 fully saturated rings. The van der Waals surface area contributed by atoms with Crippen LogP contribution in [0.4, 0.5) is 4.39 Å². The van der Waals surface area contributed by atoms with Crippen molar-refractivity contribution >= 4 is 19.7 Å². The summed E-state index contributed by atoms with van der Waals surface area (Å²) in [6, 6.07) is 0. The highest BCUT2D eigenvalue weighted by molar-refractivity contribution is 6.21. The van der Waals surface area contributed by atoms with Crippen LogP contribution in [-0.2, 0) is 4.65 Å². The maximum atomic E-state index is 14.4. The fraction of sp³-hybridized carbons (Fsp3) is 1.00. The Morgan fingerprint density at radius 2 is 1.94 bits per heavy atom. The minimum absolute atomic E-state index is 0.0852. The first-order chi connectivity index (χ1) is 8.63. The fourth-order valence-corrected chi connectivity index (χ4v) is 4.08. The van der Waals surface area contributed by atoms with Crippen molar-refractivity contribution in [3.8, 4) is 0 Å².